The maximum absolute atomic E-state index is 5.74. The normalized spacial score (nSPS) is 19.4. The Balaban J connectivity index is 1.66. The molecule has 1 atom stereocenters. The summed E-state index contributed by atoms with van der Waals surface area (Å²) in [7, 11) is 0. The topological polar surface area (TPSA) is 18.5 Å². The zero-order valence-electron chi connectivity index (χ0n) is 11.5. The van der Waals surface area contributed by atoms with Gasteiger partial charge < -0.3 is 9.47 Å². The Bertz CT molecular complexity index is 337. The van der Waals surface area contributed by atoms with Crippen molar-refractivity contribution in [1.29, 1.82) is 0 Å². The van der Waals surface area contributed by atoms with E-state index in [1.165, 1.54) is 18.4 Å². The fourth-order valence-electron chi connectivity index (χ4n) is 2.32. The minimum Gasteiger partial charge on any atom is -0.494 e. The van der Waals surface area contributed by atoms with E-state index in [0.29, 0.717) is 12.0 Å². The highest BCUT2D eigenvalue weighted by Crippen LogP contribution is 2.20. The molecule has 0 aliphatic carbocycles. The van der Waals surface area contributed by atoms with E-state index in [1.807, 2.05) is 0 Å². The highest BCUT2D eigenvalue weighted by molar-refractivity contribution is 5.28. The first kappa shape index (κ1) is 13.4. The van der Waals surface area contributed by atoms with E-state index in [9.17, 15) is 0 Å². The van der Waals surface area contributed by atoms with Crippen LogP contribution in [0.5, 0.6) is 5.75 Å². The predicted octanol–water partition coefficient (Wildman–Crippen LogP) is 4.15. The average Bonchev–Trinajstić information content (AvgIpc) is 2.88. The third kappa shape index (κ3) is 4.02. The van der Waals surface area contributed by atoms with Crippen molar-refractivity contribution in [2.24, 2.45) is 0 Å². The molecule has 1 unspecified atom stereocenters. The summed E-state index contributed by atoms with van der Waals surface area (Å²) in [6, 6.07) is 8.45. The largest absolute Gasteiger partial charge is 0.494 e. The molecule has 2 nitrogen and oxygen atoms in total. The molecule has 2 heteroatoms. The van der Waals surface area contributed by atoms with Gasteiger partial charge in [0.25, 0.3) is 0 Å². The second kappa shape index (κ2) is 6.79. The smallest absolute Gasteiger partial charge is 0.119 e. The summed E-state index contributed by atoms with van der Waals surface area (Å²) in [5, 5.41) is 0. The van der Waals surface area contributed by atoms with E-state index in [2.05, 4.69) is 38.1 Å². The molecule has 1 aliphatic heterocycles. The molecule has 1 fully saturated rings. The van der Waals surface area contributed by atoms with Gasteiger partial charge in [0.1, 0.15) is 5.75 Å². The van der Waals surface area contributed by atoms with Crippen molar-refractivity contribution in [2.45, 2.75) is 51.6 Å². The summed E-state index contributed by atoms with van der Waals surface area (Å²) in [5.74, 6) is 1.56. The Morgan fingerprint density at radius 1 is 1.28 bits per heavy atom. The van der Waals surface area contributed by atoms with Crippen molar-refractivity contribution in [1.82, 2.24) is 0 Å². The van der Waals surface area contributed by atoms with Crippen molar-refractivity contribution in [3.05, 3.63) is 29.8 Å². The SMILES string of the molecule is CC(C)c1ccc(OCCCC2CCCO2)cc1. The molecule has 100 valence electrons. The lowest BCUT2D eigenvalue weighted by Crippen LogP contribution is -2.07. The lowest BCUT2D eigenvalue weighted by atomic mass is 10.0. The summed E-state index contributed by atoms with van der Waals surface area (Å²) < 4.78 is 11.3. The summed E-state index contributed by atoms with van der Waals surface area (Å²) in [6.07, 6.45) is 5.14. The number of rotatable bonds is 6. The van der Waals surface area contributed by atoms with Crippen molar-refractivity contribution >= 4 is 0 Å². The number of hydrogen-bond acceptors (Lipinski definition) is 2. The minimum atomic E-state index is 0.483. The Morgan fingerprint density at radius 3 is 2.67 bits per heavy atom. The predicted molar refractivity (Wildman–Crippen MR) is 74.2 cm³/mol. The molecule has 0 aromatic heterocycles. The van der Waals surface area contributed by atoms with Gasteiger partial charge in [0.2, 0.25) is 0 Å². The van der Waals surface area contributed by atoms with Crippen LogP contribution in [-0.4, -0.2) is 19.3 Å². The van der Waals surface area contributed by atoms with Crippen LogP contribution >= 0.6 is 0 Å². The molecule has 0 bridgehead atoms. The van der Waals surface area contributed by atoms with Crippen LogP contribution in [0.1, 0.15) is 51.0 Å². The second-order valence-corrected chi connectivity index (χ2v) is 5.35. The van der Waals surface area contributed by atoms with Gasteiger partial charge in [-0.15, -0.1) is 0 Å². The standard InChI is InChI=1S/C16H24O2/c1-13(2)14-7-9-16(10-8-14)18-12-4-6-15-5-3-11-17-15/h7-10,13,15H,3-6,11-12H2,1-2H3. The fraction of sp³-hybridized carbons (Fsp3) is 0.625. The first-order chi connectivity index (χ1) is 8.75. The van der Waals surface area contributed by atoms with E-state index in [1.54, 1.807) is 0 Å². The van der Waals surface area contributed by atoms with Gasteiger partial charge in [-0.3, -0.25) is 0 Å². The van der Waals surface area contributed by atoms with Crippen LogP contribution in [0.3, 0.4) is 0 Å². The summed E-state index contributed by atoms with van der Waals surface area (Å²) in [6.45, 7) is 6.15. The summed E-state index contributed by atoms with van der Waals surface area (Å²) in [4.78, 5) is 0. The van der Waals surface area contributed by atoms with Crippen LogP contribution in [0.2, 0.25) is 0 Å². The summed E-state index contributed by atoms with van der Waals surface area (Å²) in [5.41, 5.74) is 1.36. The first-order valence-electron chi connectivity index (χ1n) is 7.10. The molecule has 1 heterocycles. The Morgan fingerprint density at radius 2 is 2.06 bits per heavy atom. The van der Waals surface area contributed by atoms with Gasteiger partial charge in [-0.25, -0.2) is 0 Å². The maximum atomic E-state index is 5.74. The van der Waals surface area contributed by atoms with Crippen LogP contribution in [0.25, 0.3) is 0 Å². The molecule has 1 saturated heterocycles. The molecular formula is C16H24O2. The van der Waals surface area contributed by atoms with E-state index in [4.69, 9.17) is 9.47 Å². The van der Waals surface area contributed by atoms with Crippen LogP contribution in [0, 0.1) is 0 Å². The van der Waals surface area contributed by atoms with E-state index in [-0.39, 0.29) is 0 Å². The second-order valence-electron chi connectivity index (χ2n) is 5.35. The Labute approximate surface area is 110 Å². The van der Waals surface area contributed by atoms with Gasteiger partial charge in [0, 0.05) is 6.61 Å². The quantitative estimate of drug-likeness (QED) is 0.704. The van der Waals surface area contributed by atoms with Crippen molar-refractivity contribution in [3.63, 3.8) is 0 Å². The van der Waals surface area contributed by atoms with Gasteiger partial charge in [-0.2, -0.15) is 0 Å². The highest BCUT2D eigenvalue weighted by atomic mass is 16.5. The molecule has 1 aliphatic rings. The van der Waals surface area contributed by atoms with E-state index in [0.717, 1.165) is 31.8 Å². The molecule has 1 aromatic carbocycles. The molecule has 0 amide bonds. The fourth-order valence-corrected chi connectivity index (χ4v) is 2.32. The Hall–Kier alpha value is -1.02. The molecule has 0 radical (unpaired) electrons. The lowest BCUT2D eigenvalue weighted by Gasteiger charge is -2.11. The minimum absolute atomic E-state index is 0.483. The number of benzene rings is 1. The molecule has 2 rings (SSSR count). The summed E-state index contributed by atoms with van der Waals surface area (Å²) >= 11 is 0. The highest BCUT2D eigenvalue weighted by Gasteiger charge is 2.14. The van der Waals surface area contributed by atoms with Crippen LogP contribution in [0.15, 0.2) is 24.3 Å². The van der Waals surface area contributed by atoms with Crippen molar-refractivity contribution in [2.75, 3.05) is 13.2 Å². The lowest BCUT2D eigenvalue weighted by molar-refractivity contribution is 0.0981. The molecule has 0 spiro atoms. The van der Waals surface area contributed by atoms with Crippen molar-refractivity contribution < 1.29 is 9.47 Å². The average molecular weight is 248 g/mol. The van der Waals surface area contributed by atoms with Crippen molar-refractivity contribution in [3.8, 4) is 5.75 Å². The van der Waals surface area contributed by atoms with Crippen LogP contribution in [-0.2, 0) is 4.74 Å². The molecule has 18 heavy (non-hydrogen) atoms. The number of ether oxygens (including phenoxy) is 2. The number of hydrogen-bond donors (Lipinski definition) is 0. The molecular weight excluding hydrogens is 224 g/mol. The van der Waals surface area contributed by atoms with Gasteiger partial charge in [-0.1, -0.05) is 26.0 Å². The van der Waals surface area contributed by atoms with E-state index >= 15 is 0 Å². The van der Waals surface area contributed by atoms with Crippen LogP contribution < -0.4 is 4.74 Å². The third-order valence-electron chi connectivity index (χ3n) is 3.51. The third-order valence-corrected chi connectivity index (χ3v) is 3.51. The maximum Gasteiger partial charge on any atom is 0.119 e. The van der Waals surface area contributed by atoms with Gasteiger partial charge in [0.15, 0.2) is 0 Å². The van der Waals surface area contributed by atoms with Gasteiger partial charge in [-0.05, 0) is 49.3 Å². The molecule has 1 aromatic rings. The molecule has 0 N–H and O–H groups in total. The van der Waals surface area contributed by atoms with Crippen LogP contribution in [0.4, 0.5) is 0 Å². The molecule has 0 saturated carbocycles. The first-order valence-corrected chi connectivity index (χ1v) is 7.10. The van der Waals surface area contributed by atoms with Gasteiger partial charge >= 0.3 is 0 Å². The van der Waals surface area contributed by atoms with Gasteiger partial charge in [0.05, 0.1) is 12.7 Å². The zero-order valence-corrected chi connectivity index (χ0v) is 11.5. The Kier molecular flexibility index (Phi) is 5.06. The monoisotopic (exact) mass is 248 g/mol. The van der Waals surface area contributed by atoms with E-state index < -0.39 is 0 Å². The zero-order chi connectivity index (χ0) is 12.8.